The summed E-state index contributed by atoms with van der Waals surface area (Å²) in [6.07, 6.45) is 0.865. The number of carbonyl (C=O) groups is 1. The third kappa shape index (κ3) is 1.60. The molecule has 1 saturated carbocycles. The number of hydrogen-bond donors (Lipinski definition) is 1. The number of anilines is 1. The molecule has 1 aliphatic carbocycles. The van der Waals surface area contributed by atoms with Gasteiger partial charge < -0.3 is 5.32 Å². The van der Waals surface area contributed by atoms with Gasteiger partial charge in [-0.05, 0) is 47.9 Å². The van der Waals surface area contributed by atoms with Gasteiger partial charge in [-0.15, -0.1) is 0 Å². The quantitative estimate of drug-likeness (QED) is 0.809. The molecule has 4 heteroatoms. The van der Waals surface area contributed by atoms with Gasteiger partial charge in [-0.25, -0.2) is 0 Å². The van der Waals surface area contributed by atoms with Gasteiger partial charge in [-0.1, -0.05) is 39.7 Å². The summed E-state index contributed by atoms with van der Waals surface area (Å²) < 4.78 is 1.01. The Morgan fingerprint density at radius 2 is 1.95 bits per heavy atom. The molecular formula is C16H11BrClNO. The van der Waals surface area contributed by atoms with Crippen molar-refractivity contribution in [3.05, 3.63) is 63.1 Å². The Balaban J connectivity index is 1.79. The first-order chi connectivity index (χ1) is 9.61. The smallest absolute Gasteiger partial charge is 0.235 e. The Hall–Kier alpha value is -1.32. The average molecular weight is 349 g/mol. The zero-order valence-electron chi connectivity index (χ0n) is 10.5. The molecule has 20 heavy (non-hydrogen) atoms. The fraction of sp³-hybridized carbons (Fsp3) is 0.188. The normalized spacial score (nSPS) is 26.5. The molecule has 4 rings (SSSR count). The summed E-state index contributed by atoms with van der Waals surface area (Å²) in [6.45, 7) is 0. The number of nitrogens with one attached hydrogen (secondary N) is 1. The molecule has 0 unspecified atom stereocenters. The Labute approximate surface area is 130 Å². The minimum absolute atomic E-state index is 0.116. The van der Waals surface area contributed by atoms with Crippen molar-refractivity contribution in [3.63, 3.8) is 0 Å². The van der Waals surface area contributed by atoms with Gasteiger partial charge in [0.05, 0.1) is 5.41 Å². The summed E-state index contributed by atoms with van der Waals surface area (Å²) in [7, 11) is 0. The molecule has 1 spiro atoms. The van der Waals surface area contributed by atoms with Crippen molar-refractivity contribution in [1.82, 2.24) is 0 Å². The number of carbonyl (C=O) groups excluding carboxylic acids is 1. The zero-order chi connectivity index (χ0) is 13.9. The highest BCUT2D eigenvalue weighted by molar-refractivity contribution is 9.10. The van der Waals surface area contributed by atoms with Crippen molar-refractivity contribution in [3.8, 4) is 0 Å². The maximum absolute atomic E-state index is 12.4. The average Bonchev–Trinajstić information content (AvgIpc) is 3.12. The molecule has 2 aliphatic rings. The highest BCUT2D eigenvalue weighted by atomic mass is 79.9. The first-order valence-corrected chi connectivity index (χ1v) is 7.65. The maximum Gasteiger partial charge on any atom is 0.235 e. The summed E-state index contributed by atoms with van der Waals surface area (Å²) in [5.74, 6) is 0.362. The van der Waals surface area contributed by atoms with Crippen LogP contribution in [0.5, 0.6) is 0 Å². The predicted molar refractivity (Wildman–Crippen MR) is 83.3 cm³/mol. The van der Waals surface area contributed by atoms with Crippen LogP contribution in [0.2, 0.25) is 5.02 Å². The molecule has 1 aliphatic heterocycles. The first kappa shape index (κ1) is 12.4. The van der Waals surface area contributed by atoms with Crippen LogP contribution in [-0.4, -0.2) is 5.91 Å². The van der Waals surface area contributed by atoms with E-state index in [4.69, 9.17) is 11.6 Å². The maximum atomic E-state index is 12.4. The Bertz CT molecular complexity index is 728. The second kappa shape index (κ2) is 4.09. The van der Waals surface area contributed by atoms with E-state index < -0.39 is 0 Å². The monoisotopic (exact) mass is 347 g/mol. The number of benzene rings is 2. The fourth-order valence-electron chi connectivity index (χ4n) is 3.26. The molecule has 2 aromatic carbocycles. The van der Waals surface area contributed by atoms with Crippen molar-refractivity contribution in [2.24, 2.45) is 0 Å². The summed E-state index contributed by atoms with van der Waals surface area (Å²) >= 11 is 9.43. The third-order valence-electron chi connectivity index (χ3n) is 4.35. The van der Waals surface area contributed by atoms with E-state index in [-0.39, 0.29) is 17.2 Å². The highest BCUT2D eigenvalue weighted by Gasteiger charge is 2.65. The van der Waals surface area contributed by atoms with Crippen LogP contribution < -0.4 is 5.32 Å². The number of rotatable bonds is 1. The van der Waals surface area contributed by atoms with Gasteiger partial charge in [0.1, 0.15) is 0 Å². The molecular weight excluding hydrogens is 338 g/mol. The van der Waals surface area contributed by atoms with E-state index in [0.29, 0.717) is 0 Å². The van der Waals surface area contributed by atoms with Crippen molar-refractivity contribution in [2.45, 2.75) is 17.8 Å². The fourth-order valence-corrected chi connectivity index (χ4v) is 3.75. The zero-order valence-corrected chi connectivity index (χ0v) is 12.8. The molecule has 2 atom stereocenters. The van der Waals surface area contributed by atoms with E-state index in [0.717, 1.165) is 27.2 Å². The van der Waals surface area contributed by atoms with Crippen molar-refractivity contribution in [1.29, 1.82) is 0 Å². The molecule has 1 heterocycles. The lowest BCUT2D eigenvalue weighted by Gasteiger charge is -2.09. The van der Waals surface area contributed by atoms with E-state index in [2.05, 4.69) is 27.3 Å². The highest BCUT2D eigenvalue weighted by Crippen LogP contribution is 2.65. The largest absolute Gasteiger partial charge is 0.325 e. The van der Waals surface area contributed by atoms with Gasteiger partial charge in [-0.3, -0.25) is 4.79 Å². The van der Waals surface area contributed by atoms with Crippen LogP contribution in [0.4, 0.5) is 5.69 Å². The Kier molecular flexibility index (Phi) is 2.54. The van der Waals surface area contributed by atoms with Crippen LogP contribution in [0.15, 0.2) is 46.9 Å². The predicted octanol–water partition coefficient (Wildman–Crippen LogP) is 4.48. The van der Waals surface area contributed by atoms with Crippen LogP contribution in [0.1, 0.15) is 23.5 Å². The van der Waals surface area contributed by atoms with Crippen molar-refractivity contribution in [2.75, 3.05) is 5.32 Å². The van der Waals surface area contributed by atoms with Crippen molar-refractivity contribution < 1.29 is 4.79 Å². The molecule has 1 fully saturated rings. The second-order valence-electron chi connectivity index (χ2n) is 5.42. The molecule has 100 valence electrons. The molecule has 2 nitrogen and oxygen atoms in total. The van der Waals surface area contributed by atoms with Gasteiger partial charge >= 0.3 is 0 Å². The molecule has 0 aromatic heterocycles. The van der Waals surface area contributed by atoms with E-state index in [1.807, 2.05) is 36.4 Å². The third-order valence-corrected chi connectivity index (χ3v) is 5.09. The minimum Gasteiger partial charge on any atom is -0.325 e. The summed E-state index contributed by atoms with van der Waals surface area (Å²) in [4.78, 5) is 12.4. The number of amides is 1. The number of fused-ring (bicyclic) bond motifs is 2. The van der Waals surface area contributed by atoms with Gasteiger partial charge in [0.15, 0.2) is 0 Å². The van der Waals surface area contributed by atoms with E-state index in [1.54, 1.807) is 0 Å². The summed E-state index contributed by atoms with van der Waals surface area (Å²) in [6, 6.07) is 13.8. The molecule has 2 aromatic rings. The lowest BCUT2D eigenvalue weighted by molar-refractivity contribution is -0.118. The summed E-state index contributed by atoms with van der Waals surface area (Å²) in [5.41, 5.74) is 2.84. The van der Waals surface area contributed by atoms with Gasteiger partial charge in [0, 0.05) is 21.1 Å². The van der Waals surface area contributed by atoms with E-state index >= 15 is 0 Å². The van der Waals surface area contributed by atoms with Gasteiger partial charge in [0.2, 0.25) is 5.91 Å². The van der Waals surface area contributed by atoms with Gasteiger partial charge in [0.25, 0.3) is 0 Å². The van der Waals surface area contributed by atoms with Crippen LogP contribution in [-0.2, 0) is 10.2 Å². The van der Waals surface area contributed by atoms with Crippen LogP contribution in [0.3, 0.4) is 0 Å². The van der Waals surface area contributed by atoms with Crippen LogP contribution >= 0.6 is 27.5 Å². The molecule has 0 saturated heterocycles. The van der Waals surface area contributed by atoms with E-state index in [9.17, 15) is 4.79 Å². The molecule has 0 radical (unpaired) electrons. The molecule has 1 N–H and O–H groups in total. The second-order valence-corrected chi connectivity index (χ2v) is 6.78. The van der Waals surface area contributed by atoms with Crippen molar-refractivity contribution >= 4 is 39.1 Å². The Morgan fingerprint density at radius 1 is 1.20 bits per heavy atom. The van der Waals surface area contributed by atoms with Crippen LogP contribution in [0, 0.1) is 0 Å². The molecule has 1 amide bonds. The SMILES string of the molecule is O=C1Nc2ccc(Br)cc2[C@@]12C[C@H]2c1ccc(Cl)cc1. The summed E-state index contributed by atoms with van der Waals surface area (Å²) in [5, 5.41) is 3.73. The lowest BCUT2D eigenvalue weighted by atomic mass is 9.92. The van der Waals surface area contributed by atoms with E-state index in [1.165, 1.54) is 5.56 Å². The standard InChI is InChI=1S/C16H11BrClNO/c17-10-3-6-14-12(7-10)16(15(20)19-14)8-13(16)9-1-4-11(18)5-2-9/h1-7,13H,8H2,(H,19,20)/t13-,16+/m0/s1. The minimum atomic E-state index is -0.382. The first-order valence-electron chi connectivity index (χ1n) is 6.48. The number of halogens is 2. The lowest BCUT2D eigenvalue weighted by Crippen LogP contribution is -2.20. The van der Waals surface area contributed by atoms with Crippen LogP contribution in [0.25, 0.3) is 0 Å². The Morgan fingerprint density at radius 3 is 2.70 bits per heavy atom. The molecule has 0 bridgehead atoms. The topological polar surface area (TPSA) is 29.1 Å². The van der Waals surface area contributed by atoms with Gasteiger partial charge in [-0.2, -0.15) is 0 Å². The number of hydrogen-bond acceptors (Lipinski definition) is 1.